The predicted molar refractivity (Wildman–Crippen MR) is 98.8 cm³/mol. The van der Waals surface area contributed by atoms with Crippen LogP contribution in [0.2, 0.25) is 0 Å². The molecule has 1 saturated heterocycles. The molecular weight excluding hydrogens is 388 g/mol. The monoisotopic (exact) mass is 406 g/mol. The first kappa shape index (κ1) is 19.4. The number of alkyl halides is 1. The molecule has 2 aromatic heterocycles. The first-order valence-corrected chi connectivity index (χ1v) is 9.16. The van der Waals surface area contributed by atoms with Crippen LogP contribution in [0.15, 0.2) is 36.8 Å². The Hall–Kier alpha value is -2.94. The predicted octanol–water partition coefficient (Wildman–Crippen LogP) is 2.93. The van der Waals surface area contributed by atoms with Crippen LogP contribution < -0.4 is 10.6 Å². The fraction of sp³-hybridized carbons (Fsp3) is 0.300. The van der Waals surface area contributed by atoms with Gasteiger partial charge in [0.15, 0.2) is 0 Å². The number of halogens is 4. The third-order valence-corrected chi connectivity index (χ3v) is 5.09. The molecule has 9 heteroatoms. The third-order valence-electron chi connectivity index (χ3n) is 5.09. The van der Waals surface area contributed by atoms with Gasteiger partial charge in [-0.1, -0.05) is 0 Å². The molecule has 152 valence electrons. The van der Waals surface area contributed by atoms with Gasteiger partial charge in [-0.15, -0.1) is 0 Å². The molecule has 2 N–H and O–H groups in total. The van der Waals surface area contributed by atoms with Crippen LogP contribution >= 0.6 is 0 Å². The first-order chi connectivity index (χ1) is 14.0. The lowest BCUT2D eigenvalue weighted by molar-refractivity contribution is 0.0893. The van der Waals surface area contributed by atoms with Gasteiger partial charge in [0.1, 0.15) is 23.6 Å². The van der Waals surface area contributed by atoms with Gasteiger partial charge in [-0.05, 0) is 31.2 Å². The van der Waals surface area contributed by atoms with E-state index in [9.17, 15) is 22.4 Å². The molecule has 5 nitrogen and oxygen atoms in total. The van der Waals surface area contributed by atoms with Crippen LogP contribution in [0.1, 0.15) is 22.3 Å². The van der Waals surface area contributed by atoms with E-state index in [1.54, 1.807) is 0 Å². The highest BCUT2D eigenvalue weighted by Gasteiger charge is 2.28. The van der Waals surface area contributed by atoms with E-state index in [2.05, 4.69) is 15.6 Å². The van der Waals surface area contributed by atoms with Crippen molar-refractivity contribution in [2.75, 3.05) is 13.1 Å². The van der Waals surface area contributed by atoms with Crippen molar-refractivity contribution >= 4 is 16.8 Å². The van der Waals surface area contributed by atoms with Gasteiger partial charge in [0.25, 0.3) is 5.91 Å². The van der Waals surface area contributed by atoms with Crippen molar-refractivity contribution in [3.63, 3.8) is 0 Å². The van der Waals surface area contributed by atoms with Crippen LogP contribution in [-0.4, -0.2) is 40.8 Å². The van der Waals surface area contributed by atoms with E-state index in [-0.39, 0.29) is 35.1 Å². The zero-order valence-corrected chi connectivity index (χ0v) is 15.3. The molecule has 1 aliphatic rings. The number of amides is 1. The lowest BCUT2D eigenvalue weighted by Crippen LogP contribution is -2.50. The van der Waals surface area contributed by atoms with Crippen molar-refractivity contribution < 1.29 is 22.4 Å². The summed E-state index contributed by atoms with van der Waals surface area (Å²) in [5, 5.41) is 5.23. The highest BCUT2D eigenvalue weighted by atomic mass is 19.1. The normalized spacial score (nSPS) is 19.4. The number of nitrogens with one attached hydrogen (secondary N) is 2. The van der Waals surface area contributed by atoms with Crippen LogP contribution in [0.4, 0.5) is 17.6 Å². The first-order valence-electron chi connectivity index (χ1n) is 9.16. The highest BCUT2D eigenvalue weighted by molar-refractivity contribution is 6.07. The topological polar surface area (TPSA) is 59.0 Å². The molecule has 0 aliphatic carbocycles. The van der Waals surface area contributed by atoms with Crippen LogP contribution in [0.5, 0.6) is 0 Å². The van der Waals surface area contributed by atoms with Gasteiger partial charge >= 0.3 is 0 Å². The summed E-state index contributed by atoms with van der Waals surface area (Å²) in [6.45, 7) is 0.520. The number of piperidine rings is 1. The molecule has 0 radical (unpaired) electrons. The van der Waals surface area contributed by atoms with Crippen molar-refractivity contribution in [1.29, 1.82) is 0 Å². The maximum Gasteiger partial charge on any atom is 0.253 e. The van der Waals surface area contributed by atoms with Crippen LogP contribution in [0.25, 0.3) is 10.9 Å². The van der Waals surface area contributed by atoms with E-state index in [0.717, 1.165) is 18.3 Å². The maximum atomic E-state index is 14.5. The molecule has 1 aromatic carbocycles. The quantitative estimate of drug-likeness (QED) is 0.655. The Labute approximate surface area is 163 Å². The summed E-state index contributed by atoms with van der Waals surface area (Å²) in [6, 6.07) is 2.56. The average Bonchev–Trinajstić information content (AvgIpc) is 3.09. The minimum Gasteiger partial charge on any atom is -0.346 e. The number of aromatic nitrogens is 2. The molecule has 0 spiro atoms. The number of hydrogen-bond donors (Lipinski definition) is 2. The molecule has 3 heterocycles. The van der Waals surface area contributed by atoms with Crippen molar-refractivity contribution in [1.82, 2.24) is 20.2 Å². The van der Waals surface area contributed by atoms with Crippen LogP contribution in [0, 0.1) is 17.5 Å². The molecule has 1 fully saturated rings. The van der Waals surface area contributed by atoms with Crippen LogP contribution in [0.3, 0.4) is 0 Å². The van der Waals surface area contributed by atoms with E-state index >= 15 is 0 Å². The number of fused-ring (bicyclic) bond motifs is 1. The molecule has 1 aliphatic heterocycles. The SMILES string of the molecule is O=C(NC1CCNCC1F)c1cn(Cc2ccncc2F)c2c(F)ccc(F)c12. The Morgan fingerprint density at radius 1 is 1.21 bits per heavy atom. The van der Waals surface area contributed by atoms with E-state index in [0.29, 0.717) is 13.0 Å². The Morgan fingerprint density at radius 3 is 2.76 bits per heavy atom. The molecule has 0 bridgehead atoms. The van der Waals surface area contributed by atoms with Crippen LogP contribution in [-0.2, 0) is 6.54 Å². The van der Waals surface area contributed by atoms with Gasteiger partial charge in [0, 0.05) is 24.5 Å². The standard InChI is InChI=1S/C20H18F4N4O/c21-13-1-2-14(22)19-18(13)12(20(29)27-17-4-6-26-8-16(17)24)10-28(19)9-11-3-5-25-7-15(11)23/h1-3,5,7,10,16-17,26H,4,6,8-9H2,(H,27,29). The van der Waals surface area contributed by atoms with Gasteiger partial charge in [-0.25, -0.2) is 17.6 Å². The number of carbonyl (C=O) groups is 1. The Bertz CT molecular complexity index is 1070. The molecule has 4 rings (SSSR count). The third kappa shape index (κ3) is 3.69. The number of carbonyl (C=O) groups excluding carboxylic acids is 1. The maximum absolute atomic E-state index is 14.5. The van der Waals surface area contributed by atoms with Crippen molar-refractivity contribution in [2.45, 2.75) is 25.2 Å². The number of nitrogens with zero attached hydrogens (tertiary/aromatic N) is 2. The minimum atomic E-state index is -1.28. The smallest absolute Gasteiger partial charge is 0.253 e. The number of rotatable bonds is 4. The summed E-state index contributed by atoms with van der Waals surface area (Å²) in [5.74, 6) is -2.85. The zero-order chi connectivity index (χ0) is 20.5. The summed E-state index contributed by atoms with van der Waals surface area (Å²) in [4.78, 5) is 16.4. The second-order valence-corrected chi connectivity index (χ2v) is 6.98. The Morgan fingerprint density at radius 2 is 2.00 bits per heavy atom. The molecule has 3 aromatic rings. The van der Waals surface area contributed by atoms with Gasteiger partial charge in [0.05, 0.1) is 35.2 Å². The second kappa shape index (κ2) is 7.82. The highest BCUT2D eigenvalue weighted by Crippen LogP contribution is 2.28. The number of hydrogen-bond acceptors (Lipinski definition) is 3. The number of benzene rings is 1. The summed E-state index contributed by atoms with van der Waals surface area (Å²) in [7, 11) is 0. The van der Waals surface area contributed by atoms with E-state index in [4.69, 9.17) is 0 Å². The van der Waals surface area contributed by atoms with E-state index < -0.39 is 35.6 Å². The molecule has 0 saturated carbocycles. The zero-order valence-electron chi connectivity index (χ0n) is 15.3. The Balaban J connectivity index is 1.75. The number of pyridine rings is 1. The van der Waals surface area contributed by atoms with Crippen molar-refractivity contribution in [2.24, 2.45) is 0 Å². The molecule has 2 atom stereocenters. The largest absolute Gasteiger partial charge is 0.346 e. The van der Waals surface area contributed by atoms with Gasteiger partial charge in [0.2, 0.25) is 0 Å². The summed E-state index contributed by atoms with van der Waals surface area (Å²) in [5.41, 5.74) is -0.0830. The molecule has 29 heavy (non-hydrogen) atoms. The Kier molecular flexibility index (Phi) is 5.23. The summed E-state index contributed by atoms with van der Waals surface area (Å²) >= 11 is 0. The molecule has 1 amide bonds. The van der Waals surface area contributed by atoms with E-state index in [1.165, 1.54) is 23.0 Å². The summed E-state index contributed by atoms with van der Waals surface area (Å²) < 4.78 is 58.4. The fourth-order valence-corrected chi connectivity index (χ4v) is 3.61. The fourth-order valence-electron chi connectivity index (χ4n) is 3.61. The van der Waals surface area contributed by atoms with Gasteiger partial charge in [-0.3, -0.25) is 9.78 Å². The van der Waals surface area contributed by atoms with Crippen molar-refractivity contribution in [3.8, 4) is 0 Å². The average molecular weight is 406 g/mol. The van der Waals surface area contributed by atoms with Crippen molar-refractivity contribution in [3.05, 3.63) is 65.4 Å². The minimum absolute atomic E-state index is 0.108. The van der Waals surface area contributed by atoms with E-state index in [1.807, 2.05) is 0 Å². The molecule has 2 unspecified atom stereocenters. The molecular formula is C20H18F4N4O. The van der Waals surface area contributed by atoms with Gasteiger partial charge < -0.3 is 15.2 Å². The lowest BCUT2D eigenvalue weighted by Gasteiger charge is -2.27. The second-order valence-electron chi connectivity index (χ2n) is 6.98. The van der Waals surface area contributed by atoms with Gasteiger partial charge in [-0.2, -0.15) is 0 Å². The summed E-state index contributed by atoms with van der Waals surface area (Å²) in [6.07, 6.45) is 2.76. The lowest BCUT2D eigenvalue weighted by atomic mass is 10.0.